The van der Waals surface area contributed by atoms with Gasteiger partial charge in [-0.1, -0.05) is 11.2 Å². The smallest absolute Gasteiger partial charge is 0.276 e. The Morgan fingerprint density at radius 2 is 1.98 bits per heavy atom. The zero-order chi connectivity index (χ0) is 27.8. The maximum Gasteiger partial charge on any atom is 0.276 e. The molecule has 2 fully saturated rings. The fourth-order valence-corrected chi connectivity index (χ4v) is 5.56. The molecule has 40 heavy (non-hydrogen) atoms. The SMILES string of the molecule is COC[C@H](c1ccc2oc([C@@H](NC(=O)c3nonc3C3CC3)C3CCC(F)CC3)nc2c1)c1cc(F)c[nH]c1=O. The average molecular weight is 554 g/mol. The molecule has 0 aliphatic heterocycles. The van der Waals surface area contributed by atoms with Gasteiger partial charge in [-0.25, -0.2) is 18.4 Å². The first kappa shape index (κ1) is 26.3. The Morgan fingerprint density at radius 1 is 1.18 bits per heavy atom. The molecule has 0 radical (unpaired) electrons. The van der Waals surface area contributed by atoms with Crippen LogP contribution >= 0.6 is 0 Å². The maximum atomic E-state index is 14.0. The number of aromatic nitrogens is 4. The van der Waals surface area contributed by atoms with E-state index in [0.29, 0.717) is 53.9 Å². The van der Waals surface area contributed by atoms with Crippen LogP contribution in [0.5, 0.6) is 0 Å². The number of carbonyl (C=O) groups is 1. The topological polar surface area (TPSA) is 136 Å². The van der Waals surface area contributed by atoms with E-state index < -0.39 is 35.4 Å². The van der Waals surface area contributed by atoms with Gasteiger partial charge in [0, 0.05) is 30.7 Å². The van der Waals surface area contributed by atoms with E-state index in [1.807, 2.05) is 0 Å². The van der Waals surface area contributed by atoms with E-state index in [2.05, 4.69) is 20.6 Å². The highest BCUT2D eigenvalue weighted by atomic mass is 19.1. The first-order valence-corrected chi connectivity index (χ1v) is 13.5. The molecular formula is C28H29F2N5O5. The third kappa shape index (κ3) is 5.27. The Kier molecular flexibility index (Phi) is 7.18. The lowest BCUT2D eigenvalue weighted by Crippen LogP contribution is -2.36. The van der Waals surface area contributed by atoms with Crippen molar-refractivity contribution in [2.45, 2.75) is 62.6 Å². The predicted molar refractivity (Wildman–Crippen MR) is 138 cm³/mol. The van der Waals surface area contributed by atoms with Crippen LogP contribution in [0, 0.1) is 11.7 Å². The van der Waals surface area contributed by atoms with Crippen molar-refractivity contribution >= 4 is 17.0 Å². The van der Waals surface area contributed by atoms with Gasteiger partial charge in [0.2, 0.25) is 5.89 Å². The van der Waals surface area contributed by atoms with Crippen molar-refractivity contribution in [2.24, 2.45) is 5.92 Å². The van der Waals surface area contributed by atoms with Crippen LogP contribution in [0.4, 0.5) is 8.78 Å². The molecule has 3 heterocycles. The molecule has 1 aromatic carbocycles. The lowest BCUT2D eigenvalue weighted by molar-refractivity contribution is 0.0876. The number of halogens is 2. The third-order valence-corrected chi connectivity index (χ3v) is 7.85. The molecule has 1 amide bonds. The third-order valence-electron chi connectivity index (χ3n) is 7.85. The number of alkyl halides is 1. The van der Waals surface area contributed by atoms with Crippen molar-refractivity contribution in [1.29, 1.82) is 0 Å². The van der Waals surface area contributed by atoms with Gasteiger partial charge in [0.05, 0.1) is 6.61 Å². The number of aromatic amines is 1. The van der Waals surface area contributed by atoms with Gasteiger partial charge in [0.15, 0.2) is 11.3 Å². The standard InChI is InChI=1S/C28H29F2N5O5/c1-38-13-20(19-11-18(30)12-31-26(19)36)16-6-9-22-21(10-16)32-28(39-22)24(15-4-7-17(29)8-5-15)33-27(37)25-23(14-2-3-14)34-40-35-25/h6,9-12,14-15,17,20,24H,2-5,7-8,13H2,1H3,(H,31,36)(H,33,37)/t15?,17?,20-,24+/m1/s1. The summed E-state index contributed by atoms with van der Waals surface area (Å²) in [5.74, 6) is -1.19. The van der Waals surface area contributed by atoms with Crippen LogP contribution in [0.2, 0.25) is 0 Å². The number of rotatable bonds is 9. The number of amides is 1. The number of hydrogen-bond acceptors (Lipinski definition) is 8. The first-order valence-electron chi connectivity index (χ1n) is 13.5. The Labute approximate surface area is 227 Å². The molecule has 2 aliphatic rings. The number of nitrogens with one attached hydrogen (secondary N) is 2. The number of carbonyl (C=O) groups excluding carboxylic acids is 1. The van der Waals surface area contributed by atoms with Gasteiger partial charge in [-0.15, -0.1) is 0 Å². The molecule has 2 saturated carbocycles. The average Bonchev–Trinajstić information content (AvgIpc) is 3.51. The second kappa shape index (κ2) is 10.9. The van der Waals surface area contributed by atoms with Gasteiger partial charge in [-0.3, -0.25) is 9.59 Å². The molecule has 10 nitrogen and oxygen atoms in total. The molecule has 0 bridgehead atoms. The minimum atomic E-state index is -0.872. The maximum absolute atomic E-state index is 14.0. The van der Waals surface area contributed by atoms with Gasteiger partial charge in [-0.05, 0) is 73.4 Å². The number of methoxy groups -OCH3 is 1. The summed E-state index contributed by atoms with van der Waals surface area (Å²) < 4.78 is 44.3. The minimum absolute atomic E-state index is 0.0974. The highest BCUT2D eigenvalue weighted by Crippen LogP contribution is 2.41. The van der Waals surface area contributed by atoms with Crippen molar-refractivity contribution < 1.29 is 27.4 Å². The van der Waals surface area contributed by atoms with E-state index in [0.717, 1.165) is 19.0 Å². The van der Waals surface area contributed by atoms with Gasteiger partial charge in [-0.2, -0.15) is 0 Å². The second-order valence-electron chi connectivity index (χ2n) is 10.6. The normalized spacial score (nSPS) is 20.9. The largest absolute Gasteiger partial charge is 0.438 e. The highest BCUT2D eigenvalue weighted by Gasteiger charge is 2.37. The second-order valence-corrected chi connectivity index (χ2v) is 10.6. The molecule has 0 unspecified atom stereocenters. The zero-order valence-electron chi connectivity index (χ0n) is 21.9. The Balaban J connectivity index is 1.34. The van der Waals surface area contributed by atoms with E-state index in [9.17, 15) is 18.4 Å². The number of nitrogens with zero attached hydrogens (tertiary/aromatic N) is 3. The monoisotopic (exact) mass is 553 g/mol. The van der Waals surface area contributed by atoms with E-state index in [-0.39, 0.29) is 29.7 Å². The van der Waals surface area contributed by atoms with Crippen LogP contribution in [0.15, 0.2) is 44.3 Å². The number of benzene rings is 1. The van der Waals surface area contributed by atoms with Crippen molar-refractivity contribution in [1.82, 2.24) is 25.6 Å². The first-order chi connectivity index (χ1) is 19.4. The number of ether oxygens (including phenoxy) is 1. The van der Waals surface area contributed by atoms with E-state index in [1.54, 1.807) is 18.2 Å². The van der Waals surface area contributed by atoms with E-state index >= 15 is 0 Å². The number of H-pyrrole nitrogens is 1. The summed E-state index contributed by atoms with van der Waals surface area (Å²) in [4.78, 5) is 32.9. The molecule has 210 valence electrons. The molecule has 6 rings (SSSR count). The Morgan fingerprint density at radius 3 is 2.73 bits per heavy atom. The molecular weight excluding hydrogens is 524 g/mol. The summed E-state index contributed by atoms with van der Waals surface area (Å²) in [7, 11) is 1.51. The molecule has 0 spiro atoms. The van der Waals surface area contributed by atoms with Gasteiger partial charge < -0.3 is 19.5 Å². The van der Waals surface area contributed by atoms with Crippen LogP contribution in [0.25, 0.3) is 11.1 Å². The minimum Gasteiger partial charge on any atom is -0.438 e. The number of pyridine rings is 1. The van der Waals surface area contributed by atoms with Crippen molar-refractivity contribution in [3.63, 3.8) is 0 Å². The lowest BCUT2D eigenvalue weighted by atomic mass is 9.83. The highest BCUT2D eigenvalue weighted by molar-refractivity contribution is 5.93. The fourth-order valence-electron chi connectivity index (χ4n) is 5.56. The summed E-state index contributed by atoms with van der Waals surface area (Å²) in [6.07, 6.45) is 3.89. The van der Waals surface area contributed by atoms with Crippen molar-refractivity contribution in [2.75, 3.05) is 13.7 Å². The summed E-state index contributed by atoms with van der Waals surface area (Å²) in [5.41, 5.74) is 2.17. The molecule has 2 N–H and O–H groups in total. The Hall–Kier alpha value is -3.93. The van der Waals surface area contributed by atoms with Crippen LogP contribution in [0.1, 0.15) is 89.6 Å². The van der Waals surface area contributed by atoms with Crippen LogP contribution in [-0.4, -0.2) is 46.1 Å². The molecule has 4 aromatic rings. The van der Waals surface area contributed by atoms with Crippen LogP contribution in [-0.2, 0) is 4.74 Å². The van der Waals surface area contributed by atoms with Crippen molar-refractivity contribution in [3.05, 3.63) is 75.0 Å². The lowest BCUT2D eigenvalue weighted by Gasteiger charge is -2.30. The van der Waals surface area contributed by atoms with Gasteiger partial charge in [0.1, 0.15) is 29.2 Å². The summed E-state index contributed by atoms with van der Waals surface area (Å²) in [5, 5.41) is 10.8. The Bertz CT molecular complexity index is 1570. The summed E-state index contributed by atoms with van der Waals surface area (Å²) in [6.45, 7) is 0.142. The predicted octanol–water partition coefficient (Wildman–Crippen LogP) is 4.69. The molecule has 2 aliphatic carbocycles. The number of oxazole rings is 1. The summed E-state index contributed by atoms with van der Waals surface area (Å²) in [6, 6.07) is 5.83. The van der Waals surface area contributed by atoms with Gasteiger partial charge in [0.25, 0.3) is 11.5 Å². The van der Waals surface area contributed by atoms with E-state index in [1.165, 1.54) is 13.2 Å². The molecule has 3 aromatic heterocycles. The van der Waals surface area contributed by atoms with Crippen LogP contribution in [0.3, 0.4) is 0 Å². The van der Waals surface area contributed by atoms with E-state index in [4.69, 9.17) is 18.8 Å². The molecule has 12 heteroatoms. The number of hydrogen-bond donors (Lipinski definition) is 2. The molecule has 0 saturated heterocycles. The van der Waals surface area contributed by atoms with Crippen LogP contribution < -0.4 is 10.9 Å². The quantitative estimate of drug-likeness (QED) is 0.305. The fraction of sp³-hybridized carbons (Fsp3) is 0.464. The van der Waals surface area contributed by atoms with Gasteiger partial charge >= 0.3 is 0 Å². The number of fused-ring (bicyclic) bond motifs is 1. The van der Waals surface area contributed by atoms with Crippen molar-refractivity contribution in [3.8, 4) is 0 Å². The zero-order valence-corrected chi connectivity index (χ0v) is 21.9. The summed E-state index contributed by atoms with van der Waals surface area (Å²) >= 11 is 0. The molecule has 2 atom stereocenters.